The Balaban J connectivity index is 1.35. The van der Waals surface area contributed by atoms with Crippen LogP contribution in [0.2, 0.25) is 5.02 Å². The first-order valence-electron chi connectivity index (χ1n) is 14.2. The number of ether oxygens (including phenoxy) is 2. The highest BCUT2D eigenvalue weighted by Crippen LogP contribution is 2.42. The van der Waals surface area contributed by atoms with Crippen molar-refractivity contribution in [3.05, 3.63) is 70.9 Å². The number of H-pyrrole nitrogens is 1. The maximum Gasteiger partial charge on any atom is 0.410 e. The molecule has 9 heteroatoms. The summed E-state index contributed by atoms with van der Waals surface area (Å²) in [5.74, 6) is 0.734. The molecule has 1 saturated heterocycles. The van der Waals surface area contributed by atoms with Gasteiger partial charge in [-0.3, -0.25) is 4.90 Å². The third-order valence-corrected chi connectivity index (χ3v) is 8.23. The van der Waals surface area contributed by atoms with E-state index in [1.165, 1.54) is 0 Å². The fourth-order valence-corrected chi connectivity index (χ4v) is 6.12. The highest BCUT2D eigenvalue weighted by atomic mass is 35.5. The van der Waals surface area contributed by atoms with Crippen LogP contribution in [0.25, 0.3) is 33.2 Å². The maximum absolute atomic E-state index is 12.8. The van der Waals surface area contributed by atoms with Gasteiger partial charge in [0.25, 0.3) is 0 Å². The number of aromatic amines is 1. The number of fused-ring (bicyclic) bond motifs is 3. The number of likely N-dealkylation sites (N-methyl/N-ethyl adjacent to an activating group) is 1. The van der Waals surface area contributed by atoms with Crippen LogP contribution in [0.5, 0.6) is 5.75 Å². The highest BCUT2D eigenvalue weighted by Gasteiger charge is 2.29. The number of carbonyl (C=O) groups is 2. The third kappa shape index (κ3) is 5.04. The number of rotatable bonds is 4. The van der Waals surface area contributed by atoms with Gasteiger partial charge >= 0.3 is 12.1 Å². The second kappa shape index (κ2) is 10.6. The number of hydrogen-bond donors (Lipinski definition) is 1. The summed E-state index contributed by atoms with van der Waals surface area (Å²) in [6.45, 7) is 8.03. The van der Waals surface area contributed by atoms with E-state index in [0.717, 1.165) is 56.6 Å². The smallest absolute Gasteiger partial charge is 0.410 e. The number of para-hydroxylation sites is 1. The molecule has 3 amide bonds. The first-order valence-corrected chi connectivity index (χ1v) is 14.5. The summed E-state index contributed by atoms with van der Waals surface area (Å²) in [5, 5.41) is 1.59. The average Bonchev–Trinajstić information content (AvgIpc) is 3.49. The maximum atomic E-state index is 12.8. The van der Waals surface area contributed by atoms with Crippen LogP contribution in [0.15, 0.2) is 54.6 Å². The molecule has 2 aliphatic rings. The van der Waals surface area contributed by atoms with Gasteiger partial charge in [0.2, 0.25) is 0 Å². The monoisotopic (exact) mass is 586 g/mol. The summed E-state index contributed by atoms with van der Waals surface area (Å²) in [6, 6.07) is 18.1. The number of urea groups is 1. The van der Waals surface area contributed by atoms with Gasteiger partial charge in [-0.25, -0.2) is 9.59 Å². The molecule has 6 rings (SSSR count). The number of nitrogens with zero attached hydrogens (tertiary/aromatic N) is 3. The van der Waals surface area contributed by atoms with Crippen molar-refractivity contribution in [2.75, 3.05) is 38.7 Å². The number of methoxy groups -OCH3 is 1. The van der Waals surface area contributed by atoms with Crippen molar-refractivity contribution in [2.45, 2.75) is 39.3 Å². The van der Waals surface area contributed by atoms with E-state index in [-0.39, 0.29) is 12.1 Å². The Hall–Kier alpha value is -4.17. The summed E-state index contributed by atoms with van der Waals surface area (Å²) in [5.41, 5.74) is 7.22. The van der Waals surface area contributed by atoms with Crippen molar-refractivity contribution < 1.29 is 19.1 Å². The molecule has 2 aliphatic heterocycles. The Morgan fingerprint density at radius 1 is 0.976 bits per heavy atom. The van der Waals surface area contributed by atoms with Crippen molar-refractivity contribution in [1.29, 1.82) is 0 Å². The zero-order chi connectivity index (χ0) is 29.8. The van der Waals surface area contributed by atoms with Gasteiger partial charge in [0.15, 0.2) is 0 Å². The Labute approximate surface area is 250 Å². The fraction of sp³-hybridized carbons (Fsp3) is 0.333. The molecule has 0 atom stereocenters. The van der Waals surface area contributed by atoms with Crippen molar-refractivity contribution in [3.8, 4) is 28.0 Å². The van der Waals surface area contributed by atoms with Crippen LogP contribution in [0.3, 0.4) is 0 Å². The predicted octanol–water partition coefficient (Wildman–Crippen LogP) is 7.33. The van der Waals surface area contributed by atoms with Crippen molar-refractivity contribution in [1.82, 2.24) is 14.8 Å². The van der Waals surface area contributed by atoms with E-state index in [9.17, 15) is 9.59 Å². The number of amides is 3. The molecule has 218 valence electrons. The zero-order valence-corrected chi connectivity index (χ0v) is 25.3. The topological polar surface area (TPSA) is 78.1 Å². The SMILES string of the molecule is COc1c(-c2ccc(N3CCN(C)C3=O)c(Cl)c2)cccc1-c1ccc2[nH]c3c(c2c1)CN(C(=O)OC(C)(C)C)CC3. The van der Waals surface area contributed by atoms with E-state index < -0.39 is 5.60 Å². The number of hydrogen-bond acceptors (Lipinski definition) is 4. The van der Waals surface area contributed by atoms with Crippen LogP contribution in [0, 0.1) is 0 Å². The van der Waals surface area contributed by atoms with Crippen molar-refractivity contribution in [3.63, 3.8) is 0 Å². The molecular weight excluding hydrogens is 552 g/mol. The molecule has 0 bridgehead atoms. The minimum absolute atomic E-state index is 0.0548. The second-order valence-corrected chi connectivity index (χ2v) is 12.3. The summed E-state index contributed by atoms with van der Waals surface area (Å²) in [7, 11) is 3.46. The second-order valence-electron chi connectivity index (χ2n) is 11.9. The van der Waals surface area contributed by atoms with Crippen LogP contribution in [-0.2, 0) is 17.7 Å². The molecule has 1 aromatic heterocycles. The number of nitrogens with one attached hydrogen (secondary N) is 1. The lowest BCUT2D eigenvalue weighted by atomic mass is 9.95. The minimum Gasteiger partial charge on any atom is -0.495 e. The Bertz CT molecular complexity index is 1710. The van der Waals surface area contributed by atoms with Gasteiger partial charge in [0.05, 0.1) is 24.4 Å². The van der Waals surface area contributed by atoms with Gasteiger partial charge in [-0.15, -0.1) is 0 Å². The van der Waals surface area contributed by atoms with Crippen LogP contribution in [0.1, 0.15) is 32.0 Å². The minimum atomic E-state index is -0.542. The number of anilines is 1. The lowest BCUT2D eigenvalue weighted by Gasteiger charge is -2.30. The molecule has 3 aromatic carbocycles. The van der Waals surface area contributed by atoms with E-state index in [2.05, 4.69) is 23.2 Å². The molecule has 1 fully saturated rings. The molecule has 0 spiro atoms. The van der Waals surface area contributed by atoms with Crippen molar-refractivity contribution >= 4 is 40.3 Å². The molecular formula is C33H35ClN4O4. The molecule has 0 saturated carbocycles. The standard InChI is InChI=1S/C33H35ClN4O4/c1-33(2,3)42-32(40)37-14-13-28-25(19-37)24-17-20(9-11-27(24)35-28)22-7-6-8-23(30(22)41-5)21-10-12-29(26(34)18-21)38-16-15-36(4)31(38)39/h6-12,17-18,35H,13-16,19H2,1-5H3. The van der Waals surface area contributed by atoms with Gasteiger partial charge in [0.1, 0.15) is 11.4 Å². The van der Waals surface area contributed by atoms with E-state index in [1.807, 2.05) is 57.2 Å². The predicted molar refractivity (Wildman–Crippen MR) is 166 cm³/mol. The number of carbonyl (C=O) groups excluding carboxylic acids is 2. The molecule has 4 aromatic rings. The van der Waals surface area contributed by atoms with Gasteiger partial charge in [-0.1, -0.05) is 41.9 Å². The molecule has 0 unspecified atom stereocenters. The van der Waals surface area contributed by atoms with Crippen LogP contribution < -0.4 is 9.64 Å². The molecule has 8 nitrogen and oxygen atoms in total. The van der Waals surface area contributed by atoms with Gasteiger partial charge in [-0.2, -0.15) is 0 Å². The first kappa shape index (κ1) is 28.0. The Kier molecular flexibility index (Phi) is 7.05. The summed E-state index contributed by atoms with van der Waals surface area (Å²) in [4.78, 5) is 34.1. The molecule has 0 radical (unpaired) electrons. The third-order valence-electron chi connectivity index (χ3n) is 7.92. The normalized spacial score (nSPS) is 15.4. The first-order chi connectivity index (χ1) is 20.0. The lowest BCUT2D eigenvalue weighted by molar-refractivity contribution is 0.0224. The summed E-state index contributed by atoms with van der Waals surface area (Å²) in [6.07, 6.45) is 0.451. The lowest BCUT2D eigenvalue weighted by Crippen LogP contribution is -2.39. The van der Waals surface area contributed by atoms with Crippen LogP contribution >= 0.6 is 11.6 Å². The molecule has 42 heavy (non-hydrogen) atoms. The molecule has 3 heterocycles. The number of halogens is 1. The van der Waals surface area contributed by atoms with Gasteiger partial charge in [0, 0.05) is 66.4 Å². The van der Waals surface area contributed by atoms with E-state index in [4.69, 9.17) is 21.1 Å². The van der Waals surface area contributed by atoms with Crippen LogP contribution in [0.4, 0.5) is 15.3 Å². The zero-order valence-electron chi connectivity index (χ0n) is 24.6. The van der Waals surface area contributed by atoms with Crippen molar-refractivity contribution in [2.24, 2.45) is 0 Å². The Morgan fingerprint density at radius 2 is 1.69 bits per heavy atom. The number of aromatic nitrogens is 1. The summed E-state index contributed by atoms with van der Waals surface area (Å²) >= 11 is 6.72. The van der Waals surface area contributed by atoms with Crippen LogP contribution in [-0.4, -0.2) is 66.3 Å². The average molecular weight is 587 g/mol. The summed E-state index contributed by atoms with van der Waals surface area (Å²) < 4.78 is 11.6. The van der Waals surface area contributed by atoms with E-state index in [0.29, 0.717) is 36.9 Å². The van der Waals surface area contributed by atoms with E-state index in [1.54, 1.807) is 28.9 Å². The number of benzene rings is 3. The van der Waals surface area contributed by atoms with Gasteiger partial charge in [-0.05, 0) is 56.2 Å². The van der Waals surface area contributed by atoms with E-state index >= 15 is 0 Å². The quantitative estimate of drug-likeness (QED) is 0.272. The molecule has 0 aliphatic carbocycles. The Morgan fingerprint density at radius 3 is 2.33 bits per heavy atom. The highest BCUT2D eigenvalue weighted by molar-refractivity contribution is 6.34. The fourth-order valence-electron chi connectivity index (χ4n) is 5.84. The van der Waals surface area contributed by atoms with Gasteiger partial charge < -0.3 is 24.3 Å². The molecule has 1 N–H and O–H groups in total. The largest absolute Gasteiger partial charge is 0.495 e.